The van der Waals surface area contributed by atoms with E-state index in [1.54, 1.807) is 20.8 Å². The quantitative estimate of drug-likeness (QED) is 0.654. The number of nitrogens with one attached hydrogen (secondary N) is 1. The number of benzene rings is 1. The number of nitrogens with zero attached hydrogens (tertiary/aromatic N) is 1. The fraction of sp³-hybridized carbons (Fsp3) is 0.500. The lowest BCUT2D eigenvalue weighted by Crippen LogP contribution is -2.30. The van der Waals surface area contributed by atoms with Crippen LogP contribution in [0.3, 0.4) is 0 Å². The van der Waals surface area contributed by atoms with Crippen LogP contribution in [0.25, 0.3) is 0 Å². The Morgan fingerprint density at radius 2 is 1.80 bits per heavy atom. The lowest BCUT2D eigenvalue weighted by Gasteiger charge is -2.19. The third kappa shape index (κ3) is 5.98. The molecule has 0 aromatic heterocycles. The van der Waals surface area contributed by atoms with Crippen LogP contribution in [0.4, 0.5) is 5.69 Å². The van der Waals surface area contributed by atoms with Gasteiger partial charge in [0.1, 0.15) is 4.90 Å². The minimum absolute atomic E-state index is 0.0438. The van der Waals surface area contributed by atoms with Gasteiger partial charge in [-0.25, -0.2) is 8.42 Å². The maximum atomic E-state index is 12.6. The van der Waals surface area contributed by atoms with E-state index in [2.05, 4.69) is 5.32 Å². The van der Waals surface area contributed by atoms with Crippen molar-refractivity contribution in [1.29, 1.82) is 0 Å². The Morgan fingerprint density at radius 1 is 1.16 bits per heavy atom. The molecule has 0 saturated carbocycles. The first-order chi connectivity index (χ1) is 11.8. The van der Waals surface area contributed by atoms with Gasteiger partial charge in [-0.1, -0.05) is 25.4 Å². The Morgan fingerprint density at radius 3 is 2.36 bits per heavy atom. The van der Waals surface area contributed by atoms with Gasteiger partial charge in [-0.05, 0) is 25.1 Å². The van der Waals surface area contributed by atoms with Gasteiger partial charge in [0.15, 0.2) is 0 Å². The molecule has 140 valence electrons. The highest BCUT2D eigenvalue weighted by Crippen LogP contribution is 2.27. The molecule has 7 nitrogen and oxygen atoms in total. The monoisotopic (exact) mass is 390 g/mol. The Labute approximate surface area is 153 Å². The van der Waals surface area contributed by atoms with Gasteiger partial charge in [-0.3, -0.25) is 9.59 Å². The van der Waals surface area contributed by atoms with E-state index in [4.69, 9.17) is 16.3 Å². The van der Waals surface area contributed by atoms with Crippen LogP contribution in [0.2, 0.25) is 5.02 Å². The van der Waals surface area contributed by atoms with Crippen LogP contribution >= 0.6 is 11.6 Å². The number of carbonyl (C=O) groups is 2. The Balaban J connectivity index is 2.91. The van der Waals surface area contributed by atoms with E-state index in [-0.39, 0.29) is 29.4 Å². The van der Waals surface area contributed by atoms with Gasteiger partial charge in [0.2, 0.25) is 15.9 Å². The number of halogens is 1. The first-order valence-electron chi connectivity index (χ1n) is 8.01. The van der Waals surface area contributed by atoms with Crippen LogP contribution in [-0.2, 0) is 24.3 Å². The average molecular weight is 391 g/mol. The van der Waals surface area contributed by atoms with E-state index < -0.39 is 21.9 Å². The minimum Gasteiger partial charge on any atom is -0.466 e. The third-order valence-corrected chi connectivity index (χ3v) is 5.93. The number of amides is 1. The van der Waals surface area contributed by atoms with Crippen molar-refractivity contribution in [2.45, 2.75) is 38.5 Å². The topological polar surface area (TPSA) is 92.8 Å². The highest BCUT2D eigenvalue weighted by molar-refractivity contribution is 7.89. The molecule has 0 atom stereocenters. The predicted octanol–water partition coefficient (Wildman–Crippen LogP) is 2.65. The summed E-state index contributed by atoms with van der Waals surface area (Å²) < 4.78 is 31.2. The fourth-order valence-corrected chi connectivity index (χ4v) is 4.11. The van der Waals surface area contributed by atoms with Crippen molar-refractivity contribution in [3.05, 3.63) is 23.2 Å². The molecule has 0 spiro atoms. The van der Waals surface area contributed by atoms with E-state index in [9.17, 15) is 18.0 Å². The first-order valence-corrected chi connectivity index (χ1v) is 9.83. The molecular weight excluding hydrogens is 368 g/mol. The van der Waals surface area contributed by atoms with Crippen molar-refractivity contribution >= 4 is 39.2 Å². The first kappa shape index (κ1) is 21.4. The molecule has 0 bridgehead atoms. The lowest BCUT2D eigenvalue weighted by molar-refractivity contribution is -0.144. The SMILES string of the molecule is CCOC(=O)CCC(=O)Nc1ccc(Cl)c(S(=O)(=O)N(CC)CC)c1. The highest BCUT2D eigenvalue weighted by Gasteiger charge is 2.25. The molecule has 1 aromatic carbocycles. The summed E-state index contributed by atoms with van der Waals surface area (Å²) >= 11 is 6.03. The van der Waals surface area contributed by atoms with Gasteiger partial charge >= 0.3 is 5.97 Å². The van der Waals surface area contributed by atoms with Crippen LogP contribution < -0.4 is 5.32 Å². The van der Waals surface area contributed by atoms with Crippen molar-refractivity contribution < 1.29 is 22.7 Å². The van der Waals surface area contributed by atoms with Crippen molar-refractivity contribution in [3.8, 4) is 0 Å². The van der Waals surface area contributed by atoms with E-state index >= 15 is 0 Å². The summed E-state index contributed by atoms with van der Waals surface area (Å²) in [6.45, 7) is 6.02. The van der Waals surface area contributed by atoms with Gasteiger partial charge in [-0.15, -0.1) is 0 Å². The number of hydrogen-bond acceptors (Lipinski definition) is 5. The van der Waals surface area contributed by atoms with Crippen LogP contribution in [0.1, 0.15) is 33.6 Å². The predicted molar refractivity (Wildman–Crippen MR) is 96.1 cm³/mol. The van der Waals surface area contributed by atoms with Crippen LogP contribution in [0.15, 0.2) is 23.1 Å². The lowest BCUT2D eigenvalue weighted by atomic mass is 10.2. The molecule has 1 rings (SSSR count). The molecule has 0 fully saturated rings. The molecule has 9 heteroatoms. The largest absolute Gasteiger partial charge is 0.466 e. The maximum Gasteiger partial charge on any atom is 0.306 e. The summed E-state index contributed by atoms with van der Waals surface area (Å²) in [6.07, 6.45) is -0.0997. The number of anilines is 1. The number of carbonyl (C=O) groups excluding carboxylic acids is 2. The molecule has 1 amide bonds. The van der Waals surface area contributed by atoms with E-state index in [1.165, 1.54) is 22.5 Å². The maximum absolute atomic E-state index is 12.6. The van der Waals surface area contributed by atoms with E-state index in [0.29, 0.717) is 18.8 Å². The summed E-state index contributed by atoms with van der Waals surface area (Å²) in [6, 6.07) is 4.24. The highest BCUT2D eigenvalue weighted by atomic mass is 35.5. The zero-order chi connectivity index (χ0) is 19.0. The fourth-order valence-electron chi connectivity index (χ4n) is 2.15. The number of hydrogen-bond donors (Lipinski definition) is 1. The van der Waals surface area contributed by atoms with E-state index in [0.717, 1.165) is 0 Å². The molecule has 0 saturated heterocycles. The number of sulfonamides is 1. The molecule has 0 radical (unpaired) electrons. The van der Waals surface area contributed by atoms with Crippen LogP contribution in [0, 0.1) is 0 Å². The number of rotatable bonds is 9. The van der Waals surface area contributed by atoms with Crippen molar-refractivity contribution in [2.24, 2.45) is 0 Å². The minimum atomic E-state index is -3.75. The Bertz CT molecular complexity index is 717. The zero-order valence-electron chi connectivity index (χ0n) is 14.5. The smallest absolute Gasteiger partial charge is 0.306 e. The van der Waals surface area contributed by atoms with Crippen LogP contribution in [-0.4, -0.2) is 44.3 Å². The summed E-state index contributed by atoms with van der Waals surface area (Å²) in [4.78, 5) is 23.1. The van der Waals surface area contributed by atoms with Crippen molar-refractivity contribution in [1.82, 2.24) is 4.31 Å². The molecule has 1 aromatic rings. The van der Waals surface area contributed by atoms with Crippen molar-refractivity contribution in [2.75, 3.05) is 25.0 Å². The Hall–Kier alpha value is -1.64. The molecule has 1 N–H and O–H groups in total. The molecule has 0 heterocycles. The Kier molecular flexibility index (Phi) is 8.34. The molecular formula is C16H23ClN2O5S. The molecule has 25 heavy (non-hydrogen) atoms. The third-order valence-electron chi connectivity index (χ3n) is 3.40. The summed E-state index contributed by atoms with van der Waals surface area (Å²) in [5.41, 5.74) is 0.295. The normalized spacial score (nSPS) is 11.4. The van der Waals surface area contributed by atoms with Gasteiger partial charge in [-0.2, -0.15) is 4.31 Å². The standard InChI is InChI=1S/C16H23ClN2O5S/c1-4-19(5-2)25(22,23)14-11-12(7-8-13(14)17)18-15(20)9-10-16(21)24-6-3/h7-8,11H,4-6,9-10H2,1-3H3,(H,18,20). The molecule has 0 unspecified atom stereocenters. The van der Waals surface area contributed by atoms with Gasteiger partial charge in [0, 0.05) is 25.2 Å². The molecule has 0 aliphatic carbocycles. The van der Waals surface area contributed by atoms with Gasteiger partial charge in [0.25, 0.3) is 0 Å². The van der Waals surface area contributed by atoms with Crippen LogP contribution in [0.5, 0.6) is 0 Å². The summed E-state index contributed by atoms with van der Waals surface area (Å²) in [5, 5.41) is 2.65. The number of esters is 1. The average Bonchev–Trinajstić information content (AvgIpc) is 2.55. The summed E-state index contributed by atoms with van der Waals surface area (Å²) in [5.74, 6) is -0.875. The molecule has 0 aliphatic rings. The van der Waals surface area contributed by atoms with Gasteiger partial charge < -0.3 is 10.1 Å². The zero-order valence-corrected chi connectivity index (χ0v) is 16.1. The molecule has 0 aliphatic heterocycles. The second-order valence-corrected chi connectivity index (χ2v) is 7.40. The van der Waals surface area contributed by atoms with E-state index in [1.807, 2.05) is 0 Å². The van der Waals surface area contributed by atoms with Crippen molar-refractivity contribution in [3.63, 3.8) is 0 Å². The number of ether oxygens (including phenoxy) is 1. The summed E-state index contributed by atoms with van der Waals surface area (Å²) in [7, 11) is -3.75. The van der Waals surface area contributed by atoms with Gasteiger partial charge in [0.05, 0.1) is 18.1 Å². The second kappa shape index (κ2) is 9.74. The second-order valence-electron chi connectivity index (χ2n) is 5.09.